The molecule has 0 bridgehead atoms. The fourth-order valence-electron chi connectivity index (χ4n) is 2.47. The molecule has 0 fully saturated rings. The summed E-state index contributed by atoms with van der Waals surface area (Å²) in [4.78, 5) is 13.6. The molecule has 1 atom stereocenters. The molecular formula is C21H27NO3S2. The molecule has 0 radical (unpaired) electrons. The maximum Gasteiger partial charge on any atom is 0.225 e. The molecule has 0 heterocycles. The standard InChI is InChI=1S/C21H27NO3S2/c1-5-17(4)26-18-8-11-20(16(3)14-18)22-21(23)12-13-27(24,25)19-9-6-15(2)7-10-19/h6-11,14,17H,5,12-13H2,1-4H3,(H,22,23). The molecule has 146 valence electrons. The van der Waals surface area contributed by atoms with Gasteiger partial charge in [-0.3, -0.25) is 4.79 Å². The number of benzene rings is 2. The second-order valence-electron chi connectivity index (χ2n) is 6.74. The summed E-state index contributed by atoms with van der Waals surface area (Å²) in [6, 6.07) is 12.6. The third-order valence-electron chi connectivity index (χ3n) is 4.36. The van der Waals surface area contributed by atoms with Crippen LogP contribution < -0.4 is 5.32 Å². The predicted molar refractivity (Wildman–Crippen MR) is 113 cm³/mol. The fraction of sp³-hybridized carbons (Fsp3) is 0.381. The van der Waals surface area contributed by atoms with Crippen molar-refractivity contribution in [3.05, 3.63) is 53.6 Å². The number of rotatable bonds is 8. The zero-order chi connectivity index (χ0) is 20.0. The van der Waals surface area contributed by atoms with E-state index in [1.54, 1.807) is 36.0 Å². The first-order chi connectivity index (χ1) is 12.7. The zero-order valence-corrected chi connectivity index (χ0v) is 17.9. The summed E-state index contributed by atoms with van der Waals surface area (Å²) in [5, 5.41) is 3.36. The summed E-state index contributed by atoms with van der Waals surface area (Å²) in [6.07, 6.45) is 1.02. The lowest BCUT2D eigenvalue weighted by molar-refractivity contribution is -0.115. The minimum atomic E-state index is -3.46. The van der Waals surface area contributed by atoms with Crippen LogP contribution in [0, 0.1) is 13.8 Å². The van der Waals surface area contributed by atoms with E-state index < -0.39 is 9.84 Å². The van der Waals surface area contributed by atoms with Crippen LogP contribution in [0.15, 0.2) is 52.3 Å². The highest BCUT2D eigenvalue weighted by Gasteiger charge is 2.17. The molecule has 0 aliphatic heterocycles. The van der Waals surface area contributed by atoms with Gasteiger partial charge in [0, 0.05) is 22.3 Å². The first-order valence-electron chi connectivity index (χ1n) is 9.08. The molecule has 1 amide bonds. The number of nitrogens with one attached hydrogen (secondary N) is 1. The van der Waals surface area contributed by atoms with Gasteiger partial charge in [-0.2, -0.15) is 0 Å². The van der Waals surface area contributed by atoms with Crippen molar-refractivity contribution in [3.63, 3.8) is 0 Å². The van der Waals surface area contributed by atoms with Crippen LogP contribution in [0.5, 0.6) is 0 Å². The van der Waals surface area contributed by atoms with E-state index in [0.717, 1.165) is 23.2 Å². The first kappa shape index (κ1) is 21.5. The minimum Gasteiger partial charge on any atom is -0.326 e. The van der Waals surface area contributed by atoms with E-state index in [4.69, 9.17) is 0 Å². The maximum atomic E-state index is 12.4. The van der Waals surface area contributed by atoms with E-state index in [0.29, 0.717) is 5.25 Å². The Morgan fingerprint density at radius 2 is 1.78 bits per heavy atom. The Balaban J connectivity index is 1.96. The second kappa shape index (κ2) is 9.42. The number of amides is 1. The van der Waals surface area contributed by atoms with Gasteiger partial charge in [0.05, 0.1) is 10.6 Å². The van der Waals surface area contributed by atoms with Crippen molar-refractivity contribution in [2.24, 2.45) is 0 Å². The highest BCUT2D eigenvalue weighted by molar-refractivity contribution is 8.00. The van der Waals surface area contributed by atoms with Gasteiger partial charge >= 0.3 is 0 Å². The van der Waals surface area contributed by atoms with Gasteiger partial charge in [0.1, 0.15) is 0 Å². The average molecular weight is 406 g/mol. The second-order valence-corrected chi connectivity index (χ2v) is 10.4. The van der Waals surface area contributed by atoms with Gasteiger partial charge in [0.15, 0.2) is 9.84 Å². The molecule has 2 aromatic carbocycles. The third kappa shape index (κ3) is 6.40. The van der Waals surface area contributed by atoms with Crippen molar-refractivity contribution >= 4 is 33.2 Å². The van der Waals surface area contributed by atoms with Gasteiger partial charge in [0.25, 0.3) is 0 Å². The highest BCUT2D eigenvalue weighted by Crippen LogP contribution is 2.28. The molecule has 0 saturated heterocycles. The van der Waals surface area contributed by atoms with Gasteiger partial charge in [-0.25, -0.2) is 8.42 Å². The number of aryl methyl sites for hydroxylation is 2. The minimum absolute atomic E-state index is 0.0704. The summed E-state index contributed by atoms with van der Waals surface area (Å²) in [5.74, 6) is -0.501. The smallest absolute Gasteiger partial charge is 0.225 e. The largest absolute Gasteiger partial charge is 0.326 e. The summed E-state index contributed by atoms with van der Waals surface area (Å²) < 4.78 is 24.7. The number of carbonyl (C=O) groups is 1. The van der Waals surface area contributed by atoms with Crippen LogP contribution in [0.25, 0.3) is 0 Å². The molecular weight excluding hydrogens is 378 g/mol. The van der Waals surface area contributed by atoms with Crippen molar-refractivity contribution in [2.45, 2.75) is 55.6 Å². The lowest BCUT2D eigenvalue weighted by Crippen LogP contribution is -2.18. The number of carbonyl (C=O) groups excluding carboxylic acids is 1. The molecule has 2 rings (SSSR count). The lowest BCUT2D eigenvalue weighted by Gasteiger charge is -2.12. The molecule has 0 aliphatic rings. The Morgan fingerprint density at radius 3 is 2.37 bits per heavy atom. The maximum absolute atomic E-state index is 12.4. The van der Waals surface area contributed by atoms with Crippen LogP contribution in [-0.2, 0) is 14.6 Å². The zero-order valence-electron chi connectivity index (χ0n) is 16.3. The van der Waals surface area contributed by atoms with E-state index in [1.165, 1.54) is 4.90 Å². The molecule has 0 spiro atoms. The van der Waals surface area contributed by atoms with Crippen LogP contribution in [0.2, 0.25) is 0 Å². The molecule has 1 N–H and O–H groups in total. The molecule has 2 aromatic rings. The SMILES string of the molecule is CCC(C)Sc1ccc(NC(=O)CCS(=O)(=O)c2ccc(C)cc2)c(C)c1. The molecule has 0 saturated carbocycles. The predicted octanol–water partition coefficient (Wildman–Crippen LogP) is 5.00. The molecule has 1 unspecified atom stereocenters. The van der Waals surface area contributed by atoms with Crippen LogP contribution in [0.3, 0.4) is 0 Å². The third-order valence-corrected chi connectivity index (χ3v) is 7.36. The number of thioether (sulfide) groups is 1. The summed E-state index contributed by atoms with van der Waals surface area (Å²) in [7, 11) is -3.46. The van der Waals surface area contributed by atoms with Crippen LogP contribution in [0.4, 0.5) is 5.69 Å². The Bertz CT molecular complexity index is 890. The fourth-order valence-corrected chi connectivity index (χ4v) is 4.73. The first-order valence-corrected chi connectivity index (χ1v) is 11.6. The van der Waals surface area contributed by atoms with Crippen LogP contribution in [-0.4, -0.2) is 25.3 Å². The Hall–Kier alpha value is -1.79. The monoisotopic (exact) mass is 405 g/mol. The molecule has 0 aliphatic carbocycles. The highest BCUT2D eigenvalue weighted by atomic mass is 32.2. The Morgan fingerprint density at radius 1 is 1.11 bits per heavy atom. The van der Waals surface area contributed by atoms with Crippen molar-refractivity contribution in [2.75, 3.05) is 11.1 Å². The van der Waals surface area contributed by atoms with E-state index in [9.17, 15) is 13.2 Å². The van der Waals surface area contributed by atoms with Crippen LogP contribution in [0.1, 0.15) is 37.8 Å². The van der Waals surface area contributed by atoms with Gasteiger partial charge < -0.3 is 5.32 Å². The van der Waals surface area contributed by atoms with Gasteiger partial charge in [-0.1, -0.05) is 31.5 Å². The quantitative estimate of drug-likeness (QED) is 0.628. The van der Waals surface area contributed by atoms with Crippen molar-refractivity contribution in [1.82, 2.24) is 0 Å². The summed E-state index contributed by atoms with van der Waals surface area (Å²) in [6.45, 7) is 8.19. The normalized spacial score (nSPS) is 12.6. The Labute approximate surface area is 166 Å². The van der Waals surface area contributed by atoms with Crippen molar-refractivity contribution in [3.8, 4) is 0 Å². The number of hydrogen-bond donors (Lipinski definition) is 1. The lowest BCUT2D eigenvalue weighted by atomic mass is 10.2. The van der Waals surface area contributed by atoms with Gasteiger partial charge in [-0.05, 0) is 56.2 Å². The van der Waals surface area contributed by atoms with Crippen molar-refractivity contribution in [1.29, 1.82) is 0 Å². The summed E-state index contributed by atoms with van der Waals surface area (Å²) >= 11 is 1.81. The number of sulfone groups is 1. The van der Waals surface area contributed by atoms with Gasteiger partial charge in [-0.15, -0.1) is 11.8 Å². The van der Waals surface area contributed by atoms with Crippen molar-refractivity contribution < 1.29 is 13.2 Å². The molecule has 4 nitrogen and oxygen atoms in total. The molecule has 6 heteroatoms. The van der Waals surface area contributed by atoms with E-state index in [-0.39, 0.29) is 23.0 Å². The van der Waals surface area contributed by atoms with Gasteiger partial charge in [0.2, 0.25) is 5.91 Å². The number of anilines is 1. The van der Waals surface area contributed by atoms with Crippen LogP contribution >= 0.6 is 11.8 Å². The topological polar surface area (TPSA) is 63.2 Å². The molecule has 27 heavy (non-hydrogen) atoms. The number of hydrogen-bond acceptors (Lipinski definition) is 4. The molecule has 0 aromatic heterocycles. The van der Waals surface area contributed by atoms with E-state index >= 15 is 0 Å². The average Bonchev–Trinajstić information content (AvgIpc) is 2.62. The van der Waals surface area contributed by atoms with E-state index in [2.05, 4.69) is 25.2 Å². The van der Waals surface area contributed by atoms with E-state index in [1.807, 2.05) is 26.0 Å². The Kier molecular flexibility index (Phi) is 7.50. The summed E-state index contributed by atoms with van der Waals surface area (Å²) in [5.41, 5.74) is 2.69.